The number of H-pyrrole nitrogens is 1. The molecule has 0 radical (unpaired) electrons. The minimum atomic E-state index is -0.244. The fourth-order valence-corrected chi connectivity index (χ4v) is 2.89. The molecule has 3 rings (SSSR count). The van der Waals surface area contributed by atoms with Gasteiger partial charge in [-0.1, -0.05) is 23.7 Å². The van der Waals surface area contributed by atoms with Crippen molar-refractivity contribution in [1.29, 1.82) is 0 Å². The Morgan fingerprint density at radius 1 is 1.12 bits per heavy atom. The Kier molecular flexibility index (Phi) is 4.51. The maximum atomic E-state index is 13.0. The van der Waals surface area contributed by atoms with Gasteiger partial charge >= 0.3 is 0 Å². The van der Waals surface area contributed by atoms with Gasteiger partial charge in [-0.25, -0.2) is 0 Å². The van der Waals surface area contributed by atoms with Crippen LogP contribution in [-0.4, -0.2) is 30.8 Å². The van der Waals surface area contributed by atoms with Gasteiger partial charge in [-0.2, -0.15) is 0 Å². The predicted octanol–water partition coefficient (Wildman–Crippen LogP) is 4.08. The van der Waals surface area contributed by atoms with E-state index >= 15 is 0 Å². The van der Waals surface area contributed by atoms with Gasteiger partial charge in [0.2, 0.25) is 11.7 Å². The summed E-state index contributed by atoms with van der Waals surface area (Å²) in [5, 5.41) is 4.05. The van der Waals surface area contributed by atoms with Crippen molar-refractivity contribution in [3.05, 3.63) is 58.7 Å². The van der Waals surface area contributed by atoms with Gasteiger partial charge < -0.3 is 15.2 Å². The Balaban J connectivity index is 2.15. The first-order chi connectivity index (χ1) is 11.9. The van der Waals surface area contributed by atoms with E-state index in [1.807, 2.05) is 37.2 Å². The second kappa shape index (κ2) is 6.61. The van der Waals surface area contributed by atoms with Gasteiger partial charge in [-0.05, 0) is 30.3 Å². The summed E-state index contributed by atoms with van der Waals surface area (Å²) in [5.74, 6) is -0.438. The number of nitrogens with zero attached hydrogens (tertiary/aromatic N) is 1. The molecule has 25 heavy (non-hydrogen) atoms. The van der Waals surface area contributed by atoms with Crippen molar-refractivity contribution in [1.82, 2.24) is 4.98 Å². The Bertz CT molecular complexity index is 976. The van der Waals surface area contributed by atoms with E-state index in [1.165, 1.54) is 6.92 Å². The Hall–Kier alpha value is -2.79. The minimum absolute atomic E-state index is 0.195. The summed E-state index contributed by atoms with van der Waals surface area (Å²) < 4.78 is 0. The van der Waals surface area contributed by atoms with E-state index in [9.17, 15) is 9.59 Å². The quantitative estimate of drug-likeness (QED) is 0.693. The molecule has 0 atom stereocenters. The van der Waals surface area contributed by atoms with Gasteiger partial charge in [-0.3, -0.25) is 9.59 Å². The molecule has 1 heterocycles. The van der Waals surface area contributed by atoms with E-state index in [0.717, 1.165) is 11.1 Å². The highest BCUT2D eigenvalue weighted by atomic mass is 35.5. The van der Waals surface area contributed by atoms with Crippen LogP contribution < -0.4 is 10.2 Å². The minimum Gasteiger partial charge on any atom is -0.378 e. The highest BCUT2D eigenvalue weighted by Gasteiger charge is 2.20. The SMILES string of the molecule is CC(=O)Nc1c(C(=O)c2cccc(N(C)C)c2)[nH]c2cc(Cl)ccc12. The standard InChI is InChI=1S/C19H18ClN3O2/c1-11(24)21-17-15-8-7-13(20)10-16(15)22-18(17)19(25)12-5-4-6-14(9-12)23(2)3/h4-10,22H,1-3H3,(H,21,24). The number of hydrogen-bond donors (Lipinski definition) is 2. The smallest absolute Gasteiger partial charge is 0.221 e. The molecule has 1 amide bonds. The Labute approximate surface area is 150 Å². The highest BCUT2D eigenvalue weighted by Crippen LogP contribution is 2.31. The highest BCUT2D eigenvalue weighted by molar-refractivity contribution is 6.31. The molecule has 0 saturated carbocycles. The molecule has 5 nitrogen and oxygen atoms in total. The summed E-state index contributed by atoms with van der Waals surface area (Å²) in [7, 11) is 3.83. The number of aromatic nitrogens is 1. The van der Waals surface area contributed by atoms with Gasteiger partial charge in [0.15, 0.2) is 0 Å². The number of rotatable bonds is 4. The second-order valence-electron chi connectivity index (χ2n) is 6.02. The number of ketones is 1. The largest absolute Gasteiger partial charge is 0.378 e. The molecule has 0 bridgehead atoms. The third-order valence-electron chi connectivity index (χ3n) is 3.91. The lowest BCUT2D eigenvalue weighted by Gasteiger charge is -2.13. The number of nitrogens with one attached hydrogen (secondary N) is 2. The number of fused-ring (bicyclic) bond motifs is 1. The van der Waals surface area contributed by atoms with E-state index < -0.39 is 0 Å². The van der Waals surface area contributed by atoms with Crippen LogP contribution in [0.1, 0.15) is 23.0 Å². The van der Waals surface area contributed by atoms with Gasteiger partial charge in [0.1, 0.15) is 5.69 Å². The first kappa shape index (κ1) is 17.0. The number of carbonyl (C=O) groups excluding carboxylic acids is 2. The number of carbonyl (C=O) groups is 2. The van der Waals surface area contributed by atoms with Gasteiger partial charge in [0.05, 0.1) is 5.69 Å². The van der Waals surface area contributed by atoms with Gasteiger partial charge in [0.25, 0.3) is 0 Å². The zero-order valence-corrected chi connectivity index (χ0v) is 14.9. The van der Waals surface area contributed by atoms with Crippen LogP contribution in [0.5, 0.6) is 0 Å². The molecule has 2 aromatic carbocycles. The normalized spacial score (nSPS) is 10.7. The van der Waals surface area contributed by atoms with Crippen LogP contribution in [0.2, 0.25) is 5.02 Å². The molecule has 0 spiro atoms. The molecular formula is C19H18ClN3O2. The van der Waals surface area contributed by atoms with Crippen molar-refractivity contribution >= 4 is 45.6 Å². The average molecular weight is 356 g/mol. The van der Waals surface area contributed by atoms with Gasteiger partial charge in [-0.15, -0.1) is 0 Å². The Morgan fingerprint density at radius 3 is 2.56 bits per heavy atom. The molecule has 2 N–H and O–H groups in total. The number of hydrogen-bond acceptors (Lipinski definition) is 3. The fraction of sp³-hybridized carbons (Fsp3) is 0.158. The van der Waals surface area contributed by atoms with E-state index in [-0.39, 0.29) is 11.7 Å². The second-order valence-corrected chi connectivity index (χ2v) is 6.46. The number of amides is 1. The van der Waals surface area contributed by atoms with E-state index in [2.05, 4.69) is 10.3 Å². The van der Waals surface area contributed by atoms with Crippen LogP contribution in [0.15, 0.2) is 42.5 Å². The lowest BCUT2D eigenvalue weighted by Crippen LogP contribution is -2.12. The maximum Gasteiger partial charge on any atom is 0.221 e. The molecule has 0 aliphatic rings. The number of halogens is 1. The summed E-state index contributed by atoms with van der Waals surface area (Å²) in [4.78, 5) is 29.7. The molecule has 0 aliphatic carbocycles. The Morgan fingerprint density at radius 2 is 1.88 bits per heavy atom. The van der Waals surface area contributed by atoms with E-state index in [4.69, 9.17) is 11.6 Å². The van der Waals surface area contributed by atoms with Crippen LogP contribution in [0, 0.1) is 0 Å². The van der Waals surface area contributed by atoms with Crippen molar-refractivity contribution in [3.8, 4) is 0 Å². The van der Waals surface area contributed by atoms with Crippen molar-refractivity contribution in [2.45, 2.75) is 6.92 Å². The molecule has 0 unspecified atom stereocenters. The molecule has 6 heteroatoms. The van der Waals surface area contributed by atoms with Gasteiger partial charge in [0, 0.05) is 48.2 Å². The maximum absolute atomic E-state index is 13.0. The van der Waals surface area contributed by atoms with Crippen molar-refractivity contribution < 1.29 is 9.59 Å². The van der Waals surface area contributed by atoms with Crippen molar-refractivity contribution in [3.63, 3.8) is 0 Å². The number of aromatic amines is 1. The van der Waals surface area contributed by atoms with Crippen LogP contribution in [0.3, 0.4) is 0 Å². The summed E-state index contributed by atoms with van der Waals surface area (Å²) in [6.07, 6.45) is 0. The molecule has 3 aromatic rings. The lowest BCUT2D eigenvalue weighted by atomic mass is 10.1. The van der Waals surface area contributed by atoms with E-state index in [0.29, 0.717) is 27.5 Å². The molecule has 1 aromatic heterocycles. The predicted molar refractivity (Wildman–Crippen MR) is 102 cm³/mol. The lowest BCUT2D eigenvalue weighted by molar-refractivity contribution is -0.114. The molecule has 0 saturated heterocycles. The molecule has 0 aliphatic heterocycles. The van der Waals surface area contributed by atoms with Crippen LogP contribution in [0.4, 0.5) is 11.4 Å². The fourth-order valence-electron chi connectivity index (χ4n) is 2.72. The summed E-state index contributed by atoms with van der Waals surface area (Å²) in [6.45, 7) is 1.41. The molecule has 128 valence electrons. The van der Waals surface area contributed by atoms with Crippen molar-refractivity contribution in [2.75, 3.05) is 24.3 Å². The van der Waals surface area contributed by atoms with E-state index in [1.54, 1.807) is 24.3 Å². The zero-order chi connectivity index (χ0) is 18.1. The summed E-state index contributed by atoms with van der Waals surface area (Å²) >= 11 is 6.04. The van der Waals surface area contributed by atoms with Crippen LogP contribution >= 0.6 is 11.6 Å². The monoisotopic (exact) mass is 355 g/mol. The first-order valence-corrected chi connectivity index (χ1v) is 8.15. The summed E-state index contributed by atoms with van der Waals surface area (Å²) in [5.41, 5.74) is 2.97. The number of benzene rings is 2. The average Bonchev–Trinajstić information content (AvgIpc) is 2.91. The number of anilines is 2. The third kappa shape index (κ3) is 3.37. The zero-order valence-electron chi connectivity index (χ0n) is 14.2. The first-order valence-electron chi connectivity index (χ1n) is 7.77. The molecular weight excluding hydrogens is 338 g/mol. The topological polar surface area (TPSA) is 65.2 Å². The summed E-state index contributed by atoms with van der Waals surface area (Å²) in [6, 6.07) is 12.6. The third-order valence-corrected chi connectivity index (χ3v) is 4.15. The van der Waals surface area contributed by atoms with Crippen LogP contribution in [-0.2, 0) is 4.79 Å². The van der Waals surface area contributed by atoms with Crippen LogP contribution in [0.25, 0.3) is 10.9 Å². The van der Waals surface area contributed by atoms with Crippen molar-refractivity contribution in [2.24, 2.45) is 0 Å². The molecule has 0 fully saturated rings.